The van der Waals surface area contributed by atoms with Crippen molar-refractivity contribution in [1.29, 1.82) is 0 Å². The van der Waals surface area contributed by atoms with E-state index in [0.717, 1.165) is 30.2 Å². The maximum Gasteiger partial charge on any atom is 0.175 e. The van der Waals surface area contributed by atoms with Crippen LogP contribution in [-0.2, 0) is 7.05 Å². The molecule has 0 unspecified atom stereocenters. The fourth-order valence-electron chi connectivity index (χ4n) is 3.51. The van der Waals surface area contributed by atoms with Crippen LogP contribution in [0.1, 0.15) is 50.8 Å². The summed E-state index contributed by atoms with van der Waals surface area (Å²) < 4.78 is 1.84. The third kappa shape index (κ3) is 2.71. The zero-order valence-corrected chi connectivity index (χ0v) is 13.6. The number of anilines is 1. The van der Waals surface area contributed by atoms with Gasteiger partial charge in [-0.15, -0.1) is 0 Å². The van der Waals surface area contributed by atoms with Crippen molar-refractivity contribution in [2.75, 3.05) is 18.0 Å². The van der Waals surface area contributed by atoms with Gasteiger partial charge in [-0.25, -0.2) is 0 Å². The summed E-state index contributed by atoms with van der Waals surface area (Å²) in [7, 11) is 1.91. The first-order valence-corrected chi connectivity index (χ1v) is 7.74. The first kappa shape index (κ1) is 15.7. The molecular formula is C15H27N5O. The van der Waals surface area contributed by atoms with E-state index >= 15 is 0 Å². The van der Waals surface area contributed by atoms with Crippen LogP contribution in [0.3, 0.4) is 0 Å². The molecular weight excluding hydrogens is 266 g/mol. The summed E-state index contributed by atoms with van der Waals surface area (Å²) in [6.45, 7) is 8.45. The highest BCUT2D eigenvalue weighted by Crippen LogP contribution is 2.39. The number of aromatic nitrogens is 2. The molecule has 1 saturated heterocycles. The molecule has 1 aliphatic heterocycles. The molecule has 118 valence electrons. The van der Waals surface area contributed by atoms with Gasteiger partial charge in [-0.05, 0) is 25.2 Å². The minimum Gasteiger partial charge on any atom is -0.409 e. The molecule has 6 heteroatoms. The van der Waals surface area contributed by atoms with Crippen LogP contribution in [0.5, 0.6) is 0 Å². The molecule has 3 N–H and O–H groups in total. The second-order valence-corrected chi connectivity index (χ2v) is 6.09. The van der Waals surface area contributed by atoms with E-state index in [-0.39, 0.29) is 5.84 Å². The predicted molar refractivity (Wildman–Crippen MR) is 84.9 cm³/mol. The number of aryl methyl sites for hydroxylation is 2. The van der Waals surface area contributed by atoms with Gasteiger partial charge in [0.05, 0.1) is 11.3 Å². The molecule has 0 aromatic carbocycles. The molecule has 1 fully saturated rings. The summed E-state index contributed by atoms with van der Waals surface area (Å²) in [5.41, 5.74) is 7.86. The van der Waals surface area contributed by atoms with Gasteiger partial charge in [0, 0.05) is 20.1 Å². The van der Waals surface area contributed by atoms with Gasteiger partial charge in [0.1, 0.15) is 5.82 Å². The minimum atomic E-state index is 0.137. The van der Waals surface area contributed by atoms with Crippen molar-refractivity contribution < 1.29 is 5.21 Å². The molecule has 0 spiro atoms. The monoisotopic (exact) mass is 293 g/mol. The minimum absolute atomic E-state index is 0.137. The Morgan fingerprint density at radius 1 is 1.33 bits per heavy atom. The number of amidine groups is 1. The summed E-state index contributed by atoms with van der Waals surface area (Å²) in [6.07, 6.45) is 4.82. The summed E-state index contributed by atoms with van der Waals surface area (Å²) in [6, 6.07) is 0. The molecule has 0 bridgehead atoms. The number of oxime groups is 1. The first-order valence-electron chi connectivity index (χ1n) is 7.74. The molecule has 1 aliphatic rings. The third-order valence-electron chi connectivity index (χ3n) is 5.18. The zero-order valence-electron chi connectivity index (χ0n) is 13.6. The fraction of sp³-hybridized carbons (Fsp3) is 0.733. The van der Waals surface area contributed by atoms with Gasteiger partial charge in [0.2, 0.25) is 0 Å². The Kier molecular flexibility index (Phi) is 4.44. The van der Waals surface area contributed by atoms with Crippen LogP contribution >= 0.6 is 0 Å². The highest BCUT2D eigenvalue weighted by atomic mass is 16.4. The van der Waals surface area contributed by atoms with Gasteiger partial charge >= 0.3 is 0 Å². The van der Waals surface area contributed by atoms with Crippen LogP contribution in [0.2, 0.25) is 0 Å². The van der Waals surface area contributed by atoms with Crippen LogP contribution in [0.4, 0.5) is 5.82 Å². The van der Waals surface area contributed by atoms with Gasteiger partial charge < -0.3 is 15.8 Å². The van der Waals surface area contributed by atoms with Crippen LogP contribution in [0.25, 0.3) is 0 Å². The van der Waals surface area contributed by atoms with Gasteiger partial charge in [0.15, 0.2) is 5.84 Å². The van der Waals surface area contributed by atoms with Gasteiger partial charge in [-0.3, -0.25) is 4.68 Å². The lowest BCUT2D eigenvalue weighted by atomic mass is 9.74. The molecule has 6 nitrogen and oxygen atoms in total. The van der Waals surface area contributed by atoms with Crippen LogP contribution in [-0.4, -0.2) is 33.9 Å². The van der Waals surface area contributed by atoms with E-state index in [1.54, 1.807) is 0 Å². The Morgan fingerprint density at radius 2 is 1.90 bits per heavy atom. The van der Waals surface area contributed by atoms with E-state index < -0.39 is 0 Å². The third-order valence-corrected chi connectivity index (χ3v) is 5.18. The van der Waals surface area contributed by atoms with Crippen molar-refractivity contribution in [3.8, 4) is 0 Å². The smallest absolute Gasteiger partial charge is 0.175 e. The Morgan fingerprint density at radius 3 is 2.38 bits per heavy atom. The van der Waals surface area contributed by atoms with Crippen molar-refractivity contribution in [3.05, 3.63) is 11.3 Å². The highest BCUT2D eigenvalue weighted by Gasteiger charge is 2.33. The Hall–Kier alpha value is -1.72. The van der Waals surface area contributed by atoms with Gasteiger partial charge in [-0.1, -0.05) is 31.8 Å². The SMILES string of the molecule is CCC1(CC)CCN(c2c(C(N)=NO)c(C)nn2C)CC1. The largest absolute Gasteiger partial charge is 0.409 e. The quantitative estimate of drug-likeness (QED) is 0.386. The van der Waals surface area contributed by atoms with Crippen molar-refractivity contribution in [2.45, 2.75) is 46.5 Å². The van der Waals surface area contributed by atoms with Crippen molar-refractivity contribution in [1.82, 2.24) is 9.78 Å². The molecule has 2 rings (SSSR count). The van der Waals surface area contributed by atoms with Crippen molar-refractivity contribution in [2.24, 2.45) is 23.4 Å². The van der Waals surface area contributed by atoms with Crippen LogP contribution in [0, 0.1) is 12.3 Å². The standard InChI is InChI=1S/C15H27N5O/c1-5-15(6-2)7-9-20(10-8-15)14-12(13(16)18-21)11(3)17-19(14)4/h21H,5-10H2,1-4H3,(H2,16,18). The Balaban J connectivity index is 2.29. The maximum atomic E-state index is 9.01. The topological polar surface area (TPSA) is 79.7 Å². The lowest BCUT2D eigenvalue weighted by molar-refractivity contribution is 0.198. The Labute approximate surface area is 126 Å². The van der Waals surface area contributed by atoms with E-state index in [0.29, 0.717) is 5.41 Å². The summed E-state index contributed by atoms with van der Waals surface area (Å²) in [5.74, 6) is 1.10. The predicted octanol–water partition coefficient (Wildman–Crippen LogP) is 2.23. The molecule has 0 saturated carbocycles. The fourth-order valence-corrected chi connectivity index (χ4v) is 3.51. The summed E-state index contributed by atoms with van der Waals surface area (Å²) >= 11 is 0. The van der Waals surface area contributed by atoms with Crippen molar-refractivity contribution in [3.63, 3.8) is 0 Å². The van der Waals surface area contributed by atoms with E-state index in [4.69, 9.17) is 10.9 Å². The van der Waals surface area contributed by atoms with Gasteiger partial charge in [-0.2, -0.15) is 5.10 Å². The maximum absolute atomic E-state index is 9.01. The molecule has 1 aromatic rings. The highest BCUT2D eigenvalue weighted by molar-refractivity contribution is 6.02. The second-order valence-electron chi connectivity index (χ2n) is 6.09. The molecule has 0 aliphatic carbocycles. The normalized spacial score (nSPS) is 19.0. The van der Waals surface area contributed by atoms with Crippen LogP contribution < -0.4 is 10.6 Å². The zero-order chi connectivity index (χ0) is 15.6. The average molecular weight is 293 g/mol. The number of hydrogen-bond acceptors (Lipinski definition) is 4. The molecule has 2 heterocycles. The van der Waals surface area contributed by atoms with Crippen molar-refractivity contribution >= 4 is 11.7 Å². The molecule has 0 atom stereocenters. The summed E-state index contributed by atoms with van der Waals surface area (Å²) in [5, 5.41) is 16.6. The summed E-state index contributed by atoms with van der Waals surface area (Å²) in [4.78, 5) is 2.32. The van der Waals surface area contributed by atoms with E-state index in [9.17, 15) is 0 Å². The molecule has 21 heavy (non-hydrogen) atoms. The second kappa shape index (κ2) is 5.95. The number of rotatable bonds is 4. The van der Waals surface area contributed by atoms with E-state index in [1.165, 1.54) is 25.7 Å². The number of nitrogens with zero attached hydrogens (tertiary/aromatic N) is 4. The number of nitrogens with two attached hydrogens (primary N) is 1. The number of hydrogen-bond donors (Lipinski definition) is 2. The average Bonchev–Trinajstić information content (AvgIpc) is 2.81. The lowest BCUT2D eigenvalue weighted by Gasteiger charge is -2.42. The number of piperidine rings is 1. The lowest BCUT2D eigenvalue weighted by Crippen LogP contribution is -2.41. The first-order chi connectivity index (χ1) is 9.98. The van der Waals surface area contributed by atoms with E-state index in [1.807, 2.05) is 18.7 Å². The van der Waals surface area contributed by atoms with Crippen LogP contribution in [0.15, 0.2) is 5.16 Å². The molecule has 1 aromatic heterocycles. The molecule has 0 amide bonds. The molecule has 0 radical (unpaired) electrons. The van der Waals surface area contributed by atoms with Gasteiger partial charge in [0.25, 0.3) is 0 Å². The Bertz CT molecular complexity index is 520. The van der Waals surface area contributed by atoms with E-state index in [2.05, 4.69) is 29.0 Å².